The molecule has 2 aromatic heterocycles. The van der Waals surface area contributed by atoms with E-state index in [4.69, 9.17) is 10.5 Å². The summed E-state index contributed by atoms with van der Waals surface area (Å²) in [6, 6.07) is 12.7. The van der Waals surface area contributed by atoms with Crippen molar-refractivity contribution < 1.29 is 22.7 Å². The van der Waals surface area contributed by atoms with Crippen molar-refractivity contribution in [2.45, 2.75) is 31.8 Å². The number of hydrogen-bond acceptors (Lipinski definition) is 7. The summed E-state index contributed by atoms with van der Waals surface area (Å²) in [7, 11) is 1.91. The maximum Gasteiger partial charge on any atom is 0.416 e. The summed E-state index contributed by atoms with van der Waals surface area (Å²) in [6.07, 6.45) is 0.929. The number of benzene rings is 2. The number of carbonyl (C=O) groups excluding carboxylic acids is 1. The largest absolute Gasteiger partial charge is 0.484 e. The summed E-state index contributed by atoms with van der Waals surface area (Å²) in [6.45, 7) is 3.20. The monoisotopic (exact) mass is 582 g/mol. The molecule has 4 aromatic rings. The van der Waals surface area contributed by atoms with E-state index in [0.717, 1.165) is 59.1 Å². The van der Waals surface area contributed by atoms with Crippen LogP contribution in [0.4, 0.5) is 13.2 Å². The second kappa shape index (κ2) is 11.9. The van der Waals surface area contributed by atoms with Crippen molar-refractivity contribution in [2.75, 3.05) is 20.1 Å². The van der Waals surface area contributed by atoms with Crippen molar-refractivity contribution >= 4 is 40.1 Å². The standard InChI is InChI=1S/C29H29F3N6O2S/c1-17(20-5-3-4-6-21(20)29(30,31)32)40-24-14-26(41-27(24)28(33)39)38-16-37-22-13-18(7-9-23(22)38)19-8-10-25(36-15-19)35-12-11-34-2/h3-9,13-17,25,34-35H,10-12H2,1-2H3,(H2,33,39)/t17-,25?/m1/s1. The third-order valence-electron chi connectivity index (χ3n) is 6.74. The second-order valence-corrected chi connectivity index (χ2v) is 10.6. The van der Waals surface area contributed by atoms with Gasteiger partial charge in [0.2, 0.25) is 0 Å². The zero-order chi connectivity index (χ0) is 29.1. The van der Waals surface area contributed by atoms with E-state index in [9.17, 15) is 18.0 Å². The number of fused-ring (bicyclic) bond motifs is 1. The van der Waals surface area contributed by atoms with Crippen LogP contribution in [0.25, 0.3) is 21.6 Å². The molecule has 0 saturated heterocycles. The Hall–Kier alpha value is -4.00. The number of aromatic nitrogens is 2. The van der Waals surface area contributed by atoms with Gasteiger partial charge in [-0.2, -0.15) is 13.2 Å². The van der Waals surface area contributed by atoms with Crippen LogP contribution in [0.1, 0.15) is 45.8 Å². The van der Waals surface area contributed by atoms with Crippen LogP contribution in [-0.2, 0) is 6.18 Å². The van der Waals surface area contributed by atoms with Gasteiger partial charge in [-0.25, -0.2) is 4.98 Å². The lowest BCUT2D eigenvalue weighted by atomic mass is 10.0. The third-order valence-corrected chi connectivity index (χ3v) is 7.87. The number of nitrogens with zero attached hydrogens (tertiary/aromatic N) is 3. The molecule has 2 atom stereocenters. The molecule has 12 heteroatoms. The zero-order valence-corrected chi connectivity index (χ0v) is 23.2. The van der Waals surface area contributed by atoms with Gasteiger partial charge in [0.25, 0.3) is 5.91 Å². The number of rotatable bonds is 10. The lowest BCUT2D eigenvalue weighted by molar-refractivity contribution is -0.139. The Balaban J connectivity index is 1.39. The van der Waals surface area contributed by atoms with Crippen molar-refractivity contribution in [2.24, 2.45) is 10.7 Å². The summed E-state index contributed by atoms with van der Waals surface area (Å²) in [5, 5.41) is 7.07. The lowest BCUT2D eigenvalue weighted by Gasteiger charge is -2.19. The molecule has 5 rings (SSSR count). The molecule has 3 heterocycles. The molecule has 0 saturated carbocycles. The first kappa shape index (κ1) is 28.5. The lowest BCUT2D eigenvalue weighted by Crippen LogP contribution is -2.33. The number of carbonyl (C=O) groups is 1. The van der Waals surface area contributed by atoms with Gasteiger partial charge in [0, 0.05) is 37.4 Å². The number of nitrogens with one attached hydrogen (secondary N) is 2. The Morgan fingerprint density at radius 3 is 2.73 bits per heavy atom. The van der Waals surface area contributed by atoms with Crippen LogP contribution in [-0.4, -0.2) is 48.0 Å². The van der Waals surface area contributed by atoms with Crippen LogP contribution in [0.5, 0.6) is 5.75 Å². The zero-order valence-electron chi connectivity index (χ0n) is 22.4. The highest BCUT2D eigenvalue weighted by atomic mass is 32.1. The molecule has 214 valence electrons. The number of allylic oxidation sites excluding steroid dienone is 1. The average molecular weight is 583 g/mol. The fourth-order valence-corrected chi connectivity index (χ4v) is 5.61. The van der Waals surface area contributed by atoms with E-state index in [-0.39, 0.29) is 22.4 Å². The van der Waals surface area contributed by atoms with Gasteiger partial charge in [0.05, 0.1) is 16.6 Å². The highest BCUT2D eigenvalue weighted by Crippen LogP contribution is 2.39. The molecule has 1 aliphatic rings. The topological polar surface area (TPSA) is 107 Å². The summed E-state index contributed by atoms with van der Waals surface area (Å²) >= 11 is 1.08. The van der Waals surface area contributed by atoms with Crippen molar-refractivity contribution in [3.05, 3.63) is 82.5 Å². The van der Waals surface area contributed by atoms with Crippen molar-refractivity contribution in [1.82, 2.24) is 20.2 Å². The molecule has 4 N–H and O–H groups in total. The number of alkyl halides is 3. The van der Waals surface area contributed by atoms with Crippen LogP contribution in [0, 0.1) is 0 Å². The first-order valence-corrected chi connectivity index (χ1v) is 13.8. The highest BCUT2D eigenvalue weighted by Gasteiger charge is 2.35. The van der Waals surface area contributed by atoms with Gasteiger partial charge >= 0.3 is 6.18 Å². The maximum absolute atomic E-state index is 13.6. The maximum atomic E-state index is 13.6. The van der Waals surface area contributed by atoms with Crippen molar-refractivity contribution in [3.8, 4) is 10.8 Å². The van der Waals surface area contributed by atoms with E-state index in [1.54, 1.807) is 17.0 Å². The molecule has 0 spiro atoms. The van der Waals surface area contributed by atoms with Gasteiger partial charge in [-0.1, -0.05) is 30.3 Å². The van der Waals surface area contributed by atoms with Gasteiger partial charge in [-0.15, -0.1) is 11.3 Å². The molecule has 41 heavy (non-hydrogen) atoms. The van der Waals surface area contributed by atoms with Crippen LogP contribution < -0.4 is 21.1 Å². The van der Waals surface area contributed by atoms with Gasteiger partial charge in [-0.05, 0) is 43.3 Å². The molecule has 1 unspecified atom stereocenters. The molecule has 1 amide bonds. The second-order valence-electron chi connectivity index (χ2n) is 9.55. The van der Waals surface area contributed by atoms with E-state index in [1.807, 2.05) is 31.5 Å². The Kier molecular flexibility index (Phi) is 8.25. The Morgan fingerprint density at radius 2 is 2.02 bits per heavy atom. The molecular weight excluding hydrogens is 553 g/mol. The highest BCUT2D eigenvalue weighted by molar-refractivity contribution is 7.16. The van der Waals surface area contributed by atoms with E-state index in [1.165, 1.54) is 25.1 Å². The van der Waals surface area contributed by atoms with Gasteiger partial charge in [-0.3, -0.25) is 19.7 Å². The summed E-state index contributed by atoms with van der Waals surface area (Å²) in [4.78, 5) is 21.5. The quantitative estimate of drug-likeness (QED) is 0.219. The number of imidazole rings is 1. The molecule has 8 nitrogen and oxygen atoms in total. The number of ether oxygens (including phenoxy) is 1. The number of halogens is 3. The smallest absolute Gasteiger partial charge is 0.416 e. The first-order chi connectivity index (χ1) is 19.7. The van der Waals surface area contributed by atoms with Gasteiger partial charge < -0.3 is 15.8 Å². The molecule has 2 aromatic carbocycles. The number of amides is 1. The minimum absolute atomic E-state index is 0.0376. The SMILES string of the molecule is CNCCNC1CC=C(c2ccc3c(c2)ncn3-c2cc(O[C@H](C)c3ccccc3C(F)(F)F)c(C(N)=O)s2)C=N1. The predicted octanol–water partition coefficient (Wildman–Crippen LogP) is 5.34. The number of primary amides is 1. The normalized spacial score (nSPS) is 16.1. The molecular formula is C29H29F3N6O2S. The average Bonchev–Trinajstić information content (AvgIpc) is 3.57. The van der Waals surface area contributed by atoms with E-state index in [2.05, 4.69) is 26.7 Å². The number of hydrogen-bond donors (Lipinski definition) is 3. The van der Waals surface area contributed by atoms with E-state index < -0.39 is 23.8 Å². The Bertz CT molecular complexity index is 1620. The number of aliphatic imine (C=N–C) groups is 1. The number of thiophene rings is 1. The Labute approximate surface area is 238 Å². The Morgan fingerprint density at radius 1 is 1.22 bits per heavy atom. The minimum Gasteiger partial charge on any atom is -0.484 e. The third kappa shape index (κ3) is 6.19. The molecule has 1 aliphatic heterocycles. The summed E-state index contributed by atoms with van der Waals surface area (Å²) in [5.41, 5.74) is 8.28. The van der Waals surface area contributed by atoms with Crippen LogP contribution in [0.2, 0.25) is 0 Å². The van der Waals surface area contributed by atoms with Crippen molar-refractivity contribution in [1.29, 1.82) is 0 Å². The van der Waals surface area contributed by atoms with Crippen molar-refractivity contribution in [3.63, 3.8) is 0 Å². The van der Waals surface area contributed by atoms with Gasteiger partial charge in [0.15, 0.2) is 0 Å². The molecule has 0 bridgehead atoms. The predicted molar refractivity (Wildman–Crippen MR) is 155 cm³/mol. The molecule has 0 aliphatic carbocycles. The fourth-order valence-electron chi connectivity index (χ4n) is 4.69. The molecule has 0 radical (unpaired) electrons. The number of nitrogens with two attached hydrogens (primary N) is 1. The number of likely N-dealkylation sites (N-methyl/N-ethyl adjacent to an activating group) is 1. The summed E-state index contributed by atoms with van der Waals surface area (Å²) < 4.78 is 48.4. The number of dihydropyridines is 1. The molecule has 0 fully saturated rings. The van der Waals surface area contributed by atoms with Gasteiger partial charge in [0.1, 0.15) is 34.2 Å². The summed E-state index contributed by atoms with van der Waals surface area (Å²) in [5.74, 6) is -0.622. The van der Waals surface area contributed by atoms with E-state index >= 15 is 0 Å². The fraction of sp³-hybridized carbons (Fsp3) is 0.276. The van der Waals surface area contributed by atoms with Crippen LogP contribution in [0.15, 0.2) is 65.9 Å². The van der Waals surface area contributed by atoms with Crippen LogP contribution in [0.3, 0.4) is 0 Å². The van der Waals surface area contributed by atoms with E-state index in [0.29, 0.717) is 5.00 Å². The van der Waals surface area contributed by atoms with Crippen LogP contribution >= 0.6 is 11.3 Å². The minimum atomic E-state index is -4.54. The first-order valence-electron chi connectivity index (χ1n) is 13.0.